The maximum Gasteiger partial charge on any atom is 0.156 e. The Labute approximate surface area is 110 Å². The number of hydrogen-bond acceptors (Lipinski definition) is 2. The zero-order valence-electron chi connectivity index (χ0n) is 10.6. The van der Waals surface area contributed by atoms with E-state index in [0.717, 1.165) is 5.56 Å². The predicted octanol–water partition coefficient (Wildman–Crippen LogP) is 3.04. The van der Waals surface area contributed by atoms with E-state index in [9.17, 15) is 9.18 Å². The topological polar surface area (TPSA) is 20.3 Å². The number of rotatable bonds is 4. The highest BCUT2D eigenvalue weighted by Gasteiger charge is 2.29. The first kappa shape index (κ1) is 14.3. The summed E-state index contributed by atoms with van der Waals surface area (Å²) in [5, 5.41) is 0. The molecule has 2 nitrogen and oxygen atoms in total. The van der Waals surface area contributed by atoms with Gasteiger partial charge in [-0.3, -0.25) is 9.69 Å². The van der Waals surface area contributed by atoms with Gasteiger partial charge in [-0.2, -0.15) is 0 Å². The Kier molecular flexibility index (Phi) is 4.44. The van der Waals surface area contributed by atoms with Crippen molar-refractivity contribution >= 4 is 21.7 Å². The summed E-state index contributed by atoms with van der Waals surface area (Å²) in [7, 11) is 3.75. The first-order valence-electron chi connectivity index (χ1n) is 5.40. The smallest absolute Gasteiger partial charge is 0.156 e. The van der Waals surface area contributed by atoms with Crippen molar-refractivity contribution in [2.45, 2.75) is 25.8 Å². The molecule has 0 heterocycles. The predicted molar refractivity (Wildman–Crippen MR) is 70.6 cm³/mol. The minimum Gasteiger partial charge on any atom is -0.298 e. The van der Waals surface area contributed by atoms with Gasteiger partial charge in [0.2, 0.25) is 0 Å². The minimum atomic E-state index is -0.513. The Hall–Kier alpha value is -0.740. The minimum absolute atomic E-state index is 0.112. The second-order valence-corrected chi connectivity index (χ2v) is 5.66. The third-order valence-corrected chi connectivity index (χ3v) is 3.76. The molecule has 0 saturated carbocycles. The van der Waals surface area contributed by atoms with Gasteiger partial charge in [0.15, 0.2) is 5.78 Å². The zero-order valence-corrected chi connectivity index (χ0v) is 12.1. The molecule has 0 aliphatic carbocycles. The van der Waals surface area contributed by atoms with Crippen molar-refractivity contribution < 1.29 is 9.18 Å². The van der Waals surface area contributed by atoms with E-state index in [1.54, 1.807) is 12.1 Å². The van der Waals surface area contributed by atoms with Gasteiger partial charge in [0.1, 0.15) is 5.82 Å². The molecule has 0 aliphatic rings. The summed E-state index contributed by atoms with van der Waals surface area (Å²) in [6, 6.07) is 4.66. The summed E-state index contributed by atoms with van der Waals surface area (Å²) in [5.41, 5.74) is 0.305. The van der Waals surface area contributed by atoms with Gasteiger partial charge in [-0.1, -0.05) is 6.07 Å². The number of carbonyl (C=O) groups excluding carboxylic acids is 1. The number of ketones is 1. The molecule has 0 unspecified atom stereocenters. The normalized spacial score (nSPS) is 11.9. The van der Waals surface area contributed by atoms with Crippen molar-refractivity contribution in [1.82, 2.24) is 4.90 Å². The molecule has 0 radical (unpaired) electrons. The van der Waals surface area contributed by atoms with Gasteiger partial charge in [0.05, 0.1) is 10.0 Å². The Morgan fingerprint density at radius 3 is 2.47 bits per heavy atom. The Balaban J connectivity index is 2.85. The zero-order chi connectivity index (χ0) is 13.2. The number of nitrogens with zero attached hydrogens (tertiary/aromatic N) is 1. The molecule has 94 valence electrons. The number of benzene rings is 1. The molecule has 0 spiro atoms. The molecule has 0 atom stereocenters. The second kappa shape index (κ2) is 5.27. The number of likely N-dealkylation sites (N-methyl/N-ethyl adjacent to an activating group) is 1. The van der Waals surface area contributed by atoms with Crippen molar-refractivity contribution in [3.05, 3.63) is 34.1 Å². The van der Waals surface area contributed by atoms with E-state index in [1.807, 2.05) is 32.8 Å². The molecule has 17 heavy (non-hydrogen) atoms. The van der Waals surface area contributed by atoms with Crippen LogP contribution in [0.2, 0.25) is 0 Å². The van der Waals surface area contributed by atoms with E-state index in [4.69, 9.17) is 0 Å². The van der Waals surface area contributed by atoms with E-state index in [0.29, 0.717) is 10.9 Å². The third kappa shape index (κ3) is 3.36. The number of Topliss-reactive ketones (excluding diaryl/α,β-unsaturated/α-hetero) is 1. The summed E-state index contributed by atoms with van der Waals surface area (Å²) in [6.45, 7) is 3.77. The van der Waals surface area contributed by atoms with Crippen LogP contribution in [0.1, 0.15) is 19.4 Å². The average molecular weight is 302 g/mol. The molecular weight excluding hydrogens is 285 g/mol. The first-order chi connectivity index (χ1) is 7.75. The van der Waals surface area contributed by atoms with E-state index in [-0.39, 0.29) is 11.6 Å². The van der Waals surface area contributed by atoms with Gasteiger partial charge in [0.25, 0.3) is 0 Å². The highest BCUT2D eigenvalue weighted by atomic mass is 79.9. The number of halogens is 2. The Morgan fingerprint density at radius 2 is 2.00 bits per heavy atom. The molecule has 1 rings (SSSR count). The monoisotopic (exact) mass is 301 g/mol. The van der Waals surface area contributed by atoms with Crippen LogP contribution >= 0.6 is 15.9 Å². The Bertz CT molecular complexity index is 429. The lowest BCUT2D eigenvalue weighted by Crippen LogP contribution is -2.46. The molecule has 4 heteroatoms. The quantitative estimate of drug-likeness (QED) is 0.852. The van der Waals surface area contributed by atoms with Crippen LogP contribution in [0.4, 0.5) is 4.39 Å². The molecule has 0 bridgehead atoms. The van der Waals surface area contributed by atoms with Crippen LogP contribution < -0.4 is 0 Å². The lowest BCUT2D eigenvalue weighted by molar-refractivity contribution is -0.127. The van der Waals surface area contributed by atoms with E-state index in [1.165, 1.54) is 6.07 Å². The molecule has 0 aromatic heterocycles. The lowest BCUT2D eigenvalue weighted by Gasteiger charge is -2.30. The van der Waals surface area contributed by atoms with Gasteiger partial charge in [0, 0.05) is 6.42 Å². The number of carbonyl (C=O) groups is 1. The van der Waals surface area contributed by atoms with Gasteiger partial charge < -0.3 is 0 Å². The van der Waals surface area contributed by atoms with Crippen molar-refractivity contribution in [1.29, 1.82) is 0 Å². The maximum atomic E-state index is 13.1. The van der Waals surface area contributed by atoms with Crippen LogP contribution in [-0.4, -0.2) is 30.3 Å². The highest BCUT2D eigenvalue weighted by molar-refractivity contribution is 9.10. The molecule has 0 fully saturated rings. The van der Waals surface area contributed by atoms with E-state index >= 15 is 0 Å². The summed E-state index contributed by atoms with van der Waals surface area (Å²) in [6.07, 6.45) is 0.310. The van der Waals surface area contributed by atoms with Crippen LogP contribution in [-0.2, 0) is 11.2 Å². The highest BCUT2D eigenvalue weighted by Crippen LogP contribution is 2.20. The summed E-state index contributed by atoms with van der Waals surface area (Å²) >= 11 is 3.12. The third-order valence-electron chi connectivity index (χ3n) is 3.15. The van der Waals surface area contributed by atoms with Crippen molar-refractivity contribution in [2.75, 3.05) is 14.1 Å². The molecule has 1 aromatic rings. The van der Waals surface area contributed by atoms with Crippen molar-refractivity contribution in [3.63, 3.8) is 0 Å². The molecule has 0 amide bonds. The van der Waals surface area contributed by atoms with E-state index < -0.39 is 5.54 Å². The standard InChI is InChI=1S/C13H17BrFNO/c1-13(2,16(3)4)12(17)8-9-5-6-11(15)10(14)7-9/h5-7H,8H2,1-4H3. The molecule has 1 aromatic carbocycles. The fourth-order valence-corrected chi connectivity index (χ4v) is 1.73. The summed E-state index contributed by atoms with van der Waals surface area (Å²) in [5.74, 6) is -0.200. The maximum absolute atomic E-state index is 13.1. The van der Waals surface area contributed by atoms with Gasteiger partial charge in [-0.25, -0.2) is 4.39 Å². The van der Waals surface area contributed by atoms with Crippen LogP contribution in [0.3, 0.4) is 0 Å². The Morgan fingerprint density at radius 1 is 1.41 bits per heavy atom. The van der Waals surface area contributed by atoms with Gasteiger partial charge in [-0.15, -0.1) is 0 Å². The van der Waals surface area contributed by atoms with Crippen LogP contribution in [0.5, 0.6) is 0 Å². The summed E-state index contributed by atoms with van der Waals surface area (Å²) < 4.78 is 13.5. The van der Waals surface area contributed by atoms with Crippen molar-refractivity contribution in [2.24, 2.45) is 0 Å². The van der Waals surface area contributed by atoms with Crippen LogP contribution in [0, 0.1) is 5.82 Å². The van der Waals surface area contributed by atoms with Gasteiger partial charge in [-0.05, 0) is 61.6 Å². The molecule has 0 saturated heterocycles. The van der Waals surface area contributed by atoms with Crippen LogP contribution in [0.15, 0.2) is 22.7 Å². The number of hydrogen-bond donors (Lipinski definition) is 0. The SMILES string of the molecule is CN(C)C(C)(C)C(=O)Cc1ccc(F)c(Br)c1. The van der Waals surface area contributed by atoms with Crippen LogP contribution in [0.25, 0.3) is 0 Å². The molecular formula is C13H17BrFNO. The molecule has 0 N–H and O–H groups in total. The lowest BCUT2D eigenvalue weighted by atomic mass is 9.92. The second-order valence-electron chi connectivity index (χ2n) is 4.80. The van der Waals surface area contributed by atoms with Gasteiger partial charge >= 0.3 is 0 Å². The average Bonchev–Trinajstić information content (AvgIpc) is 2.23. The van der Waals surface area contributed by atoms with Crippen molar-refractivity contribution in [3.8, 4) is 0 Å². The fourth-order valence-electron chi connectivity index (χ4n) is 1.30. The van der Waals surface area contributed by atoms with E-state index in [2.05, 4.69) is 15.9 Å². The largest absolute Gasteiger partial charge is 0.298 e. The summed E-state index contributed by atoms with van der Waals surface area (Å²) in [4.78, 5) is 14.0. The fraction of sp³-hybridized carbons (Fsp3) is 0.462. The molecule has 0 aliphatic heterocycles. The first-order valence-corrected chi connectivity index (χ1v) is 6.19.